The zero-order valence-corrected chi connectivity index (χ0v) is 33.0. The van der Waals surface area contributed by atoms with Gasteiger partial charge in [-0.05, 0) is 82.8 Å². The molecule has 56 heavy (non-hydrogen) atoms. The van der Waals surface area contributed by atoms with E-state index in [1.54, 1.807) is 11.8 Å². The van der Waals surface area contributed by atoms with E-state index in [1.807, 2.05) is 73.7 Å². The van der Waals surface area contributed by atoms with Crippen LogP contribution in [0.2, 0.25) is 0 Å². The Bertz CT molecular complexity index is 2210. The van der Waals surface area contributed by atoms with Gasteiger partial charge in [-0.1, -0.05) is 73.5 Å². The molecule has 2 saturated carbocycles. The normalized spacial score (nSPS) is 29.1. The van der Waals surface area contributed by atoms with Crippen LogP contribution in [-0.4, -0.2) is 70.9 Å². The van der Waals surface area contributed by atoms with E-state index in [-0.39, 0.29) is 43.5 Å². The van der Waals surface area contributed by atoms with E-state index in [9.17, 15) is 27.6 Å². The van der Waals surface area contributed by atoms with Crippen LogP contribution in [0.1, 0.15) is 94.4 Å². The summed E-state index contributed by atoms with van der Waals surface area (Å²) < 4.78 is 34.8. The van der Waals surface area contributed by atoms with Crippen molar-refractivity contribution in [2.75, 3.05) is 6.54 Å². The van der Waals surface area contributed by atoms with Crippen molar-refractivity contribution in [3.63, 3.8) is 0 Å². The number of nitrogens with zero attached hydrogens (tertiary/aromatic N) is 2. The van der Waals surface area contributed by atoms with Gasteiger partial charge < -0.3 is 20.3 Å². The van der Waals surface area contributed by atoms with E-state index < -0.39 is 49.8 Å². The lowest BCUT2D eigenvalue weighted by Crippen LogP contribution is -2.54. The van der Waals surface area contributed by atoms with E-state index >= 15 is 0 Å². The molecule has 3 N–H and O–H groups in total. The molecule has 0 bridgehead atoms. The smallest absolute Gasteiger partial charge is 0.315 e. The number of urea groups is 1. The number of ketones is 1. The molecule has 3 aliphatic heterocycles. The summed E-state index contributed by atoms with van der Waals surface area (Å²) >= 11 is 0. The summed E-state index contributed by atoms with van der Waals surface area (Å²) in [4.78, 5) is 63.4. The predicted octanol–water partition coefficient (Wildman–Crippen LogP) is 5.56. The zero-order valence-electron chi connectivity index (χ0n) is 32.1. The van der Waals surface area contributed by atoms with Crippen LogP contribution in [0, 0.1) is 18.3 Å². The molecule has 2 aliphatic carbocycles. The maximum absolute atomic E-state index is 14.8. The van der Waals surface area contributed by atoms with E-state index in [1.165, 1.54) is 0 Å². The topological polar surface area (TPSA) is 164 Å². The minimum absolute atomic E-state index is 0.118. The number of aromatic nitrogens is 1. The number of allylic oxidation sites excluding steroid dienone is 2. The number of pyridine rings is 1. The van der Waals surface area contributed by atoms with Gasteiger partial charge in [-0.3, -0.25) is 19.1 Å². The molecular formula is C43H51N5O7S. The highest BCUT2D eigenvalue weighted by molar-refractivity contribution is 7.91. The van der Waals surface area contributed by atoms with Gasteiger partial charge in [-0.15, -0.1) is 0 Å². The first kappa shape index (κ1) is 38.1. The number of Topliss-reactive ketones (excluding diaryl/α,β-unsaturated/α-hetero) is 1. The maximum Gasteiger partial charge on any atom is 0.315 e. The van der Waals surface area contributed by atoms with Gasteiger partial charge in [0.1, 0.15) is 17.4 Å². The van der Waals surface area contributed by atoms with Crippen LogP contribution < -0.4 is 20.1 Å². The van der Waals surface area contributed by atoms with E-state index in [2.05, 4.69) is 15.4 Å². The molecule has 13 heteroatoms. The molecule has 2 aromatic carbocycles. The van der Waals surface area contributed by atoms with Crippen molar-refractivity contribution in [2.45, 2.75) is 120 Å². The monoisotopic (exact) mass is 781 g/mol. The Kier molecular flexibility index (Phi) is 9.95. The number of hydrogen-bond donors (Lipinski definition) is 3. The minimum Gasteiger partial charge on any atom is -0.483 e. The van der Waals surface area contributed by atoms with Gasteiger partial charge in [0, 0.05) is 30.3 Å². The van der Waals surface area contributed by atoms with Gasteiger partial charge in [0.05, 0.1) is 34.0 Å². The lowest BCUT2D eigenvalue weighted by molar-refractivity contribution is -0.140. The molecule has 12 nitrogen and oxygen atoms in total. The SMILES string of the molecule is Cc1nc2ccccc2c2c1O[C@]1(CC2)C[C@H]2C(=O)C[C@]3(C(=O)NS(=O)(=O)C4(C)CC4)C[C@H]3/C=C\CCCCC[C@H](NC(=O)NCc3ccccc3)C(=O)N2C1. The lowest BCUT2D eigenvalue weighted by Gasteiger charge is -2.36. The molecule has 4 amide bonds. The third kappa shape index (κ3) is 7.30. The number of hydrogen-bond acceptors (Lipinski definition) is 8. The Labute approximate surface area is 328 Å². The van der Waals surface area contributed by atoms with Gasteiger partial charge in [-0.2, -0.15) is 0 Å². The van der Waals surface area contributed by atoms with Crippen molar-refractivity contribution < 1.29 is 32.3 Å². The number of amides is 4. The first-order valence-corrected chi connectivity index (χ1v) is 21.5. The molecule has 0 radical (unpaired) electrons. The van der Waals surface area contributed by atoms with Gasteiger partial charge in [0.15, 0.2) is 5.78 Å². The molecule has 296 valence electrons. The average molecular weight is 782 g/mol. The first-order valence-electron chi connectivity index (χ1n) is 20.0. The fraction of sp³-hybridized carbons (Fsp3) is 0.512. The quantitative estimate of drug-likeness (QED) is 0.274. The fourth-order valence-corrected chi connectivity index (χ4v) is 10.3. The molecule has 5 aliphatic rings. The maximum atomic E-state index is 14.8. The van der Waals surface area contributed by atoms with Crippen LogP contribution in [0.15, 0.2) is 66.7 Å². The Morgan fingerprint density at radius 3 is 2.54 bits per heavy atom. The lowest BCUT2D eigenvalue weighted by atomic mass is 9.85. The largest absolute Gasteiger partial charge is 0.483 e. The van der Waals surface area contributed by atoms with Gasteiger partial charge in [0.2, 0.25) is 21.8 Å². The van der Waals surface area contributed by atoms with Crippen LogP contribution >= 0.6 is 0 Å². The van der Waals surface area contributed by atoms with Crippen molar-refractivity contribution in [1.82, 2.24) is 25.2 Å². The number of benzene rings is 2. The highest BCUT2D eigenvalue weighted by Gasteiger charge is 2.63. The van der Waals surface area contributed by atoms with Crippen molar-refractivity contribution in [3.05, 3.63) is 83.6 Å². The summed E-state index contributed by atoms with van der Waals surface area (Å²) in [7, 11) is -3.94. The van der Waals surface area contributed by atoms with Crippen LogP contribution in [0.3, 0.4) is 0 Å². The Morgan fingerprint density at radius 1 is 0.982 bits per heavy atom. The van der Waals surface area contributed by atoms with Gasteiger partial charge in [-0.25, -0.2) is 18.2 Å². The number of nitrogens with one attached hydrogen (secondary N) is 3. The second-order valence-corrected chi connectivity index (χ2v) is 19.1. The Balaban J connectivity index is 1.11. The number of fused-ring (bicyclic) bond motifs is 5. The zero-order chi connectivity index (χ0) is 39.3. The molecule has 5 atom stereocenters. The average Bonchev–Trinajstić information content (AvgIpc) is 4.08. The summed E-state index contributed by atoms with van der Waals surface area (Å²) in [6.07, 6.45) is 9.88. The molecular weight excluding hydrogens is 731 g/mol. The van der Waals surface area contributed by atoms with Gasteiger partial charge >= 0.3 is 6.03 Å². The molecule has 0 unspecified atom stereocenters. The molecule has 8 rings (SSSR count). The summed E-state index contributed by atoms with van der Waals surface area (Å²) in [6.45, 7) is 3.93. The third-order valence-corrected chi connectivity index (χ3v) is 15.0. The third-order valence-electron chi connectivity index (χ3n) is 12.9. The molecule has 1 saturated heterocycles. The second-order valence-electron chi connectivity index (χ2n) is 16.9. The Morgan fingerprint density at radius 2 is 1.75 bits per heavy atom. The number of carbonyl (C=O) groups excluding carboxylic acids is 4. The van der Waals surface area contributed by atoms with E-state index in [0.29, 0.717) is 50.7 Å². The van der Waals surface area contributed by atoms with Crippen LogP contribution in [-0.2, 0) is 37.4 Å². The van der Waals surface area contributed by atoms with Crippen LogP contribution in [0.5, 0.6) is 5.75 Å². The van der Waals surface area contributed by atoms with E-state index in [0.717, 1.165) is 47.0 Å². The summed E-state index contributed by atoms with van der Waals surface area (Å²) in [6, 6.07) is 15.1. The fourth-order valence-electron chi connectivity index (χ4n) is 8.97. The van der Waals surface area contributed by atoms with Crippen LogP contribution in [0.4, 0.5) is 4.79 Å². The highest BCUT2D eigenvalue weighted by atomic mass is 32.2. The number of sulfonamides is 1. The molecule has 1 spiro atoms. The van der Waals surface area contributed by atoms with Gasteiger partial charge in [0.25, 0.3) is 0 Å². The van der Waals surface area contributed by atoms with E-state index in [4.69, 9.17) is 9.72 Å². The number of rotatable bonds is 6. The molecule has 1 aromatic heterocycles. The van der Waals surface area contributed by atoms with Crippen molar-refractivity contribution in [2.24, 2.45) is 11.3 Å². The number of aryl methyl sites for hydroxylation is 2. The highest BCUT2D eigenvalue weighted by Crippen LogP contribution is 2.58. The van der Waals surface area contributed by atoms with Crippen molar-refractivity contribution in [1.29, 1.82) is 0 Å². The number of para-hydroxylation sites is 1. The van der Waals surface area contributed by atoms with Crippen LogP contribution in [0.25, 0.3) is 10.9 Å². The minimum atomic E-state index is -3.94. The van der Waals surface area contributed by atoms with Crippen molar-refractivity contribution in [3.8, 4) is 5.75 Å². The number of ether oxygens (including phenoxy) is 1. The summed E-state index contributed by atoms with van der Waals surface area (Å²) in [5.41, 5.74) is 1.41. The molecule has 3 aromatic rings. The summed E-state index contributed by atoms with van der Waals surface area (Å²) in [5.74, 6) is -0.993. The van der Waals surface area contributed by atoms with Crippen molar-refractivity contribution >= 4 is 44.6 Å². The standard InChI is InChI=1S/C43H51N5O7S/c1-28-37-32(31-16-11-12-17-33(31)45-28)19-20-42(55-37)24-35-36(49)25-43(39(51)47-56(53,54)41(2)21-22-41)23-30(43)15-9-4-3-5-10-18-34(38(50)48(35)27-42)46-40(52)44-26-29-13-7-6-8-14-29/h6-9,11-17,30,34-35H,3-5,10,18-27H2,1-2H3,(H,47,51)(H2,44,46,52)/b15-9-/t30-,34+,35+,42-,43-/m1/s1. The Hall–Kier alpha value is -4.78. The summed E-state index contributed by atoms with van der Waals surface area (Å²) in [5, 5.41) is 6.82. The predicted molar refractivity (Wildman–Crippen MR) is 211 cm³/mol. The first-order chi connectivity index (χ1) is 26.8. The second kappa shape index (κ2) is 14.6. The molecule has 4 heterocycles. The number of carbonyl (C=O) groups is 4. The molecule has 3 fully saturated rings.